The molecule has 0 bridgehead atoms. The van der Waals surface area contributed by atoms with Gasteiger partial charge in [-0.1, -0.05) is 6.07 Å². The monoisotopic (exact) mass is 450 g/mol. The van der Waals surface area contributed by atoms with Gasteiger partial charge in [0.15, 0.2) is 29.8 Å². The van der Waals surface area contributed by atoms with E-state index in [0.29, 0.717) is 5.69 Å². The van der Waals surface area contributed by atoms with Gasteiger partial charge in [0.2, 0.25) is 16.0 Å². The van der Waals surface area contributed by atoms with Crippen LogP contribution in [0.2, 0.25) is 0 Å². The molecule has 1 amide bonds. The van der Waals surface area contributed by atoms with E-state index < -0.39 is 34.2 Å². The van der Waals surface area contributed by atoms with Crippen molar-refractivity contribution in [1.29, 1.82) is 0 Å². The number of hydrogen-bond donors (Lipinski definition) is 4. The van der Waals surface area contributed by atoms with Crippen LogP contribution in [0.25, 0.3) is 0 Å². The molecule has 0 aliphatic rings. The van der Waals surface area contributed by atoms with Crippen LogP contribution in [0.1, 0.15) is 0 Å². The van der Waals surface area contributed by atoms with Gasteiger partial charge in [-0.25, -0.2) is 27.3 Å². The summed E-state index contributed by atoms with van der Waals surface area (Å²) in [6.07, 6.45) is 0.877. The lowest BCUT2D eigenvalue weighted by atomic mass is 10.3. The molecule has 0 radical (unpaired) electrons. The van der Waals surface area contributed by atoms with Crippen molar-refractivity contribution in [3.8, 4) is 5.75 Å². The Kier molecular flexibility index (Phi) is 6.27. The first-order valence-corrected chi connectivity index (χ1v) is 10.1. The zero-order valence-corrected chi connectivity index (χ0v) is 16.5. The number of rotatable bonds is 8. The Bertz CT molecular complexity index is 1240. The van der Waals surface area contributed by atoms with Gasteiger partial charge in [0.05, 0.1) is 11.1 Å². The fraction of sp³-hybridized carbons (Fsp3) is 0.0556. The fourth-order valence-corrected chi connectivity index (χ4v) is 2.94. The van der Waals surface area contributed by atoms with Crippen molar-refractivity contribution >= 4 is 39.1 Å². The molecule has 0 saturated heterocycles. The molecule has 2 aromatic carbocycles. The Morgan fingerprint density at radius 3 is 2.48 bits per heavy atom. The van der Waals surface area contributed by atoms with E-state index in [0.717, 1.165) is 12.3 Å². The summed E-state index contributed by atoms with van der Waals surface area (Å²) in [4.78, 5) is 18.3. The Morgan fingerprint density at radius 1 is 1.06 bits per heavy atom. The highest BCUT2D eigenvalue weighted by molar-refractivity contribution is 7.89. The lowest BCUT2D eigenvalue weighted by Gasteiger charge is -2.11. The summed E-state index contributed by atoms with van der Waals surface area (Å²) in [5.41, 5.74) is 5.38. The van der Waals surface area contributed by atoms with Crippen LogP contribution in [0.15, 0.2) is 53.6 Å². The Balaban J connectivity index is 1.79. The highest BCUT2D eigenvalue weighted by Crippen LogP contribution is 2.25. The molecule has 3 rings (SSSR count). The van der Waals surface area contributed by atoms with E-state index in [1.807, 2.05) is 0 Å². The number of primary sulfonamides is 1. The van der Waals surface area contributed by atoms with Gasteiger partial charge in [-0.15, -0.1) is 0 Å². The number of halogens is 2. The number of aromatic nitrogens is 2. The molecule has 0 spiro atoms. The molecule has 0 aliphatic heterocycles. The molecular weight excluding hydrogens is 434 g/mol. The molecule has 10 nitrogen and oxygen atoms in total. The number of amides is 1. The zero-order valence-electron chi connectivity index (χ0n) is 15.7. The summed E-state index contributed by atoms with van der Waals surface area (Å²) < 4.78 is 56.0. The minimum Gasteiger partial charge on any atom is -0.481 e. The molecule has 0 saturated carbocycles. The van der Waals surface area contributed by atoms with Gasteiger partial charge in [-0.2, -0.15) is 4.98 Å². The van der Waals surface area contributed by atoms with Crippen LogP contribution in [-0.4, -0.2) is 30.9 Å². The van der Waals surface area contributed by atoms with Crippen molar-refractivity contribution in [3.05, 3.63) is 60.3 Å². The topological polar surface area (TPSA) is 162 Å². The molecule has 6 N–H and O–H groups in total. The molecule has 31 heavy (non-hydrogen) atoms. The van der Waals surface area contributed by atoms with Crippen LogP contribution in [0.3, 0.4) is 0 Å². The summed E-state index contributed by atoms with van der Waals surface area (Å²) in [6.45, 7) is -0.494. The fourth-order valence-electron chi connectivity index (χ4n) is 2.38. The number of benzene rings is 2. The van der Waals surface area contributed by atoms with E-state index in [1.54, 1.807) is 0 Å². The first kappa shape index (κ1) is 21.9. The van der Waals surface area contributed by atoms with Crippen molar-refractivity contribution in [1.82, 2.24) is 9.97 Å². The van der Waals surface area contributed by atoms with E-state index >= 15 is 0 Å². The largest absolute Gasteiger partial charge is 0.481 e. The van der Waals surface area contributed by atoms with E-state index in [2.05, 4.69) is 20.6 Å². The average molecular weight is 450 g/mol. The van der Waals surface area contributed by atoms with Crippen LogP contribution in [0.5, 0.6) is 5.75 Å². The van der Waals surface area contributed by atoms with Crippen molar-refractivity contribution in [3.63, 3.8) is 0 Å². The SMILES string of the molecule is NC(=O)COc1ccc(Nc2nc(Nc3cccc(S(N)(=O)=O)c3)ncc2F)cc1F. The van der Waals surface area contributed by atoms with Crippen LogP contribution in [0.4, 0.5) is 31.9 Å². The normalized spacial score (nSPS) is 11.1. The van der Waals surface area contributed by atoms with Crippen molar-refractivity contribution in [2.75, 3.05) is 17.2 Å². The third-order valence-corrected chi connectivity index (χ3v) is 4.64. The number of nitrogens with one attached hydrogen (secondary N) is 2. The first-order valence-electron chi connectivity index (χ1n) is 8.52. The summed E-state index contributed by atoms with van der Waals surface area (Å²) in [7, 11) is -3.91. The standard InChI is InChI=1S/C18H16F2N6O4S/c19-13-7-11(4-5-15(13)30-9-16(21)27)24-17-14(20)8-23-18(26-17)25-10-2-1-3-12(6-10)31(22,28)29/h1-8H,9H2,(H2,21,27)(H2,22,28,29)(H2,23,24,25,26). The molecular formula is C18H16F2N6O4S. The van der Waals surface area contributed by atoms with Crippen molar-refractivity contribution in [2.24, 2.45) is 10.9 Å². The molecule has 1 aromatic heterocycles. The Hall–Kier alpha value is -3.84. The van der Waals surface area contributed by atoms with E-state index in [-0.39, 0.29) is 28.1 Å². The number of anilines is 4. The maximum atomic E-state index is 14.1. The molecule has 0 fully saturated rings. The van der Waals surface area contributed by atoms with Crippen molar-refractivity contribution < 1.29 is 26.7 Å². The first-order chi connectivity index (χ1) is 14.6. The number of sulfonamides is 1. The number of primary amides is 1. The lowest BCUT2D eigenvalue weighted by Crippen LogP contribution is -2.20. The number of carbonyl (C=O) groups is 1. The van der Waals surface area contributed by atoms with Gasteiger partial charge >= 0.3 is 0 Å². The van der Waals surface area contributed by atoms with Crippen LogP contribution >= 0.6 is 0 Å². The van der Waals surface area contributed by atoms with E-state index in [4.69, 9.17) is 15.6 Å². The number of ether oxygens (including phenoxy) is 1. The summed E-state index contributed by atoms with van der Waals surface area (Å²) in [6, 6.07) is 9.19. The second-order valence-corrected chi connectivity index (χ2v) is 7.67. The number of hydrogen-bond acceptors (Lipinski definition) is 8. The van der Waals surface area contributed by atoms with Gasteiger partial charge in [0.1, 0.15) is 0 Å². The second kappa shape index (κ2) is 8.89. The predicted octanol–water partition coefficient (Wildman–Crippen LogP) is 1.75. The van der Waals surface area contributed by atoms with Gasteiger partial charge in [0, 0.05) is 17.4 Å². The molecule has 1 heterocycles. The average Bonchev–Trinajstić information content (AvgIpc) is 2.69. The molecule has 13 heteroatoms. The van der Waals surface area contributed by atoms with Gasteiger partial charge < -0.3 is 21.1 Å². The minimum absolute atomic E-state index is 0.0580. The summed E-state index contributed by atoms with van der Waals surface area (Å²) in [5, 5.41) is 10.4. The summed E-state index contributed by atoms with van der Waals surface area (Å²) in [5.74, 6) is -2.93. The van der Waals surface area contributed by atoms with Gasteiger partial charge in [0.25, 0.3) is 5.91 Å². The highest BCUT2D eigenvalue weighted by Gasteiger charge is 2.12. The maximum Gasteiger partial charge on any atom is 0.255 e. The smallest absolute Gasteiger partial charge is 0.255 e. The van der Waals surface area contributed by atoms with E-state index in [1.165, 1.54) is 36.4 Å². The van der Waals surface area contributed by atoms with Crippen LogP contribution < -0.4 is 26.2 Å². The third-order valence-electron chi connectivity index (χ3n) is 3.73. The lowest BCUT2D eigenvalue weighted by molar-refractivity contribution is -0.120. The summed E-state index contributed by atoms with van der Waals surface area (Å²) >= 11 is 0. The van der Waals surface area contributed by atoms with E-state index in [9.17, 15) is 22.0 Å². The third kappa shape index (κ3) is 5.83. The number of nitrogens with zero attached hydrogens (tertiary/aromatic N) is 2. The maximum absolute atomic E-state index is 14.1. The molecule has 0 aliphatic carbocycles. The predicted molar refractivity (Wildman–Crippen MR) is 107 cm³/mol. The molecule has 0 unspecified atom stereocenters. The zero-order chi connectivity index (χ0) is 22.6. The van der Waals surface area contributed by atoms with Gasteiger partial charge in [-0.3, -0.25) is 4.79 Å². The van der Waals surface area contributed by atoms with Gasteiger partial charge in [-0.05, 0) is 30.3 Å². The molecule has 3 aromatic rings. The highest BCUT2D eigenvalue weighted by atomic mass is 32.2. The molecule has 162 valence electrons. The van der Waals surface area contributed by atoms with Crippen LogP contribution in [0, 0.1) is 11.6 Å². The minimum atomic E-state index is -3.91. The Morgan fingerprint density at radius 2 is 1.81 bits per heavy atom. The number of nitrogens with two attached hydrogens (primary N) is 2. The number of carbonyl (C=O) groups excluding carboxylic acids is 1. The quantitative estimate of drug-likeness (QED) is 0.403. The van der Waals surface area contributed by atoms with Crippen LogP contribution in [-0.2, 0) is 14.8 Å². The second-order valence-electron chi connectivity index (χ2n) is 6.11. The van der Waals surface area contributed by atoms with Crippen molar-refractivity contribution in [2.45, 2.75) is 4.90 Å². The Labute approximate surface area is 175 Å². The molecule has 0 atom stereocenters.